The first kappa shape index (κ1) is 20.3. The summed E-state index contributed by atoms with van der Waals surface area (Å²) in [5.41, 5.74) is 4.81. The number of carboxylic acids is 1. The molecule has 0 radical (unpaired) electrons. The number of aliphatic carboxylic acids is 1. The van der Waals surface area contributed by atoms with Crippen LogP contribution in [0.3, 0.4) is 0 Å². The third kappa shape index (κ3) is 3.52. The van der Waals surface area contributed by atoms with Gasteiger partial charge in [0.05, 0.1) is 17.6 Å². The molecule has 0 fully saturated rings. The van der Waals surface area contributed by atoms with Crippen LogP contribution < -0.4 is 4.90 Å². The highest BCUT2D eigenvalue weighted by Gasteiger charge is 2.28. The Morgan fingerprint density at radius 2 is 1.91 bits per heavy atom. The largest absolute Gasteiger partial charge is 0.480 e. The van der Waals surface area contributed by atoms with E-state index in [1.54, 1.807) is 12.4 Å². The van der Waals surface area contributed by atoms with Crippen LogP contribution in [0.15, 0.2) is 54.9 Å². The molecule has 32 heavy (non-hydrogen) atoms. The second-order valence-electron chi connectivity index (χ2n) is 7.95. The molecule has 0 aliphatic carbocycles. The molecular formula is C23H21ClN6O2. The van der Waals surface area contributed by atoms with Crippen molar-refractivity contribution in [3.8, 4) is 16.8 Å². The molecule has 4 aromatic rings. The molecular weight excluding hydrogens is 428 g/mol. The SMILES string of the molecule is Cc1nnc2n1-c1ccc(-c3cnn(CC(=O)O)c3)cc1N(c1ccc(Cl)cc1)C[C@H]2C. The zero-order valence-electron chi connectivity index (χ0n) is 17.6. The number of aryl methyl sites for hydroxylation is 1. The molecule has 0 unspecified atom stereocenters. The maximum atomic E-state index is 11.0. The molecule has 5 rings (SSSR count). The van der Waals surface area contributed by atoms with Gasteiger partial charge in [0.15, 0.2) is 0 Å². The maximum absolute atomic E-state index is 11.0. The molecule has 0 amide bonds. The summed E-state index contributed by atoms with van der Waals surface area (Å²) in [5, 5.41) is 22.7. The summed E-state index contributed by atoms with van der Waals surface area (Å²) in [7, 11) is 0. The summed E-state index contributed by atoms with van der Waals surface area (Å²) in [6, 6.07) is 14.0. The lowest BCUT2D eigenvalue weighted by Gasteiger charge is -2.27. The van der Waals surface area contributed by atoms with Crippen LogP contribution in [0, 0.1) is 6.92 Å². The summed E-state index contributed by atoms with van der Waals surface area (Å²) in [6.07, 6.45) is 3.43. The predicted molar refractivity (Wildman–Crippen MR) is 122 cm³/mol. The van der Waals surface area contributed by atoms with Crippen LogP contribution in [0.1, 0.15) is 24.5 Å². The molecule has 8 nitrogen and oxygen atoms in total. The third-order valence-corrected chi connectivity index (χ3v) is 5.91. The zero-order valence-corrected chi connectivity index (χ0v) is 18.4. The molecule has 0 saturated heterocycles. The Hall–Kier alpha value is -3.65. The highest BCUT2D eigenvalue weighted by molar-refractivity contribution is 6.30. The topological polar surface area (TPSA) is 89.1 Å². The van der Waals surface area contributed by atoms with Crippen molar-refractivity contribution in [2.75, 3.05) is 11.4 Å². The molecule has 1 atom stereocenters. The number of hydrogen-bond donors (Lipinski definition) is 1. The van der Waals surface area contributed by atoms with Crippen LogP contribution in [0.25, 0.3) is 16.8 Å². The number of hydrogen-bond acceptors (Lipinski definition) is 5. The third-order valence-electron chi connectivity index (χ3n) is 5.66. The summed E-state index contributed by atoms with van der Waals surface area (Å²) in [5.74, 6) is 0.955. The molecule has 9 heteroatoms. The molecule has 1 N–H and O–H groups in total. The Morgan fingerprint density at radius 1 is 1.12 bits per heavy atom. The molecule has 2 aromatic carbocycles. The van der Waals surface area contributed by atoms with Gasteiger partial charge in [0.1, 0.15) is 18.2 Å². The number of aromatic nitrogens is 5. The van der Waals surface area contributed by atoms with Gasteiger partial charge in [0.2, 0.25) is 0 Å². The van der Waals surface area contributed by atoms with Gasteiger partial charge in [-0.15, -0.1) is 10.2 Å². The van der Waals surface area contributed by atoms with Gasteiger partial charge in [-0.05, 0) is 48.9 Å². The lowest BCUT2D eigenvalue weighted by Crippen LogP contribution is -2.21. The van der Waals surface area contributed by atoms with Crippen LogP contribution in [0.2, 0.25) is 5.02 Å². The van der Waals surface area contributed by atoms with Crippen LogP contribution in [0.5, 0.6) is 0 Å². The van der Waals surface area contributed by atoms with Crippen molar-refractivity contribution in [1.82, 2.24) is 24.5 Å². The highest BCUT2D eigenvalue weighted by Crippen LogP contribution is 2.40. The van der Waals surface area contributed by atoms with E-state index in [2.05, 4.69) is 43.8 Å². The van der Waals surface area contributed by atoms with Gasteiger partial charge in [-0.1, -0.05) is 24.6 Å². The number of carboxylic acid groups (broad SMARTS) is 1. The standard InChI is InChI=1S/C23H21ClN6O2/c1-14-11-29(19-6-4-18(24)5-7-19)21-9-16(17-10-25-28(12-17)13-22(31)32)3-8-20(21)30-15(2)26-27-23(14)30/h3-10,12,14H,11,13H2,1-2H3,(H,31,32)/t14-/m1/s1. The van der Waals surface area contributed by atoms with Crippen molar-refractivity contribution in [3.05, 3.63) is 71.5 Å². The molecule has 2 aromatic heterocycles. The lowest BCUT2D eigenvalue weighted by molar-refractivity contribution is -0.137. The van der Waals surface area contributed by atoms with Crippen molar-refractivity contribution >= 4 is 28.9 Å². The summed E-state index contributed by atoms with van der Waals surface area (Å²) in [4.78, 5) is 13.3. The fraction of sp³-hybridized carbons (Fsp3) is 0.217. The second kappa shape index (κ2) is 7.80. The Bertz CT molecular complexity index is 1310. The number of anilines is 2. The molecule has 1 aliphatic heterocycles. The normalized spacial score (nSPS) is 15.2. The Labute approximate surface area is 189 Å². The van der Waals surface area contributed by atoms with E-state index in [-0.39, 0.29) is 12.5 Å². The Kier molecular flexibility index (Phi) is 4.94. The number of fused-ring (bicyclic) bond motifs is 3. The minimum atomic E-state index is -0.930. The number of nitrogens with zero attached hydrogens (tertiary/aromatic N) is 6. The molecule has 3 heterocycles. The number of rotatable bonds is 4. The van der Waals surface area contributed by atoms with Gasteiger partial charge in [-0.25, -0.2) is 0 Å². The van der Waals surface area contributed by atoms with E-state index >= 15 is 0 Å². The maximum Gasteiger partial charge on any atom is 0.325 e. The number of benzene rings is 2. The predicted octanol–water partition coefficient (Wildman–Crippen LogP) is 4.43. The minimum Gasteiger partial charge on any atom is -0.480 e. The van der Waals surface area contributed by atoms with E-state index in [1.807, 2.05) is 37.3 Å². The first-order valence-corrected chi connectivity index (χ1v) is 10.6. The van der Waals surface area contributed by atoms with E-state index in [0.717, 1.165) is 39.8 Å². The highest BCUT2D eigenvalue weighted by atomic mass is 35.5. The van der Waals surface area contributed by atoms with Gasteiger partial charge < -0.3 is 10.0 Å². The van der Waals surface area contributed by atoms with Crippen molar-refractivity contribution in [1.29, 1.82) is 0 Å². The van der Waals surface area contributed by atoms with Crippen LogP contribution in [-0.2, 0) is 11.3 Å². The molecule has 0 bridgehead atoms. The van der Waals surface area contributed by atoms with Gasteiger partial charge in [-0.3, -0.25) is 14.0 Å². The molecule has 0 spiro atoms. The molecule has 1 aliphatic rings. The Balaban J connectivity index is 1.67. The fourth-order valence-corrected chi connectivity index (χ4v) is 4.29. The average molecular weight is 449 g/mol. The average Bonchev–Trinajstić information content (AvgIpc) is 3.35. The molecule has 162 valence electrons. The van der Waals surface area contributed by atoms with E-state index in [4.69, 9.17) is 16.7 Å². The smallest absolute Gasteiger partial charge is 0.325 e. The van der Waals surface area contributed by atoms with Crippen molar-refractivity contribution in [2.24, 2.45) is 0 Å². The van der Waals surface area contributed by atoms with Crippen molar-refractivity contribution in [2.45, 2.75) is 26.3 Å². The van der Waals surface area contributed by atoms with Crippen LogP contribution in [0.4, 0.5) is 11.4 Å². The minimum absolute atomic E-state index is 0.140. The van der Waals surface area contributed by atoms with E-state index in [1.165, 1.54) is 4.68 Å². The monoisotopic (exact) mass is 448 g/mol. The summed E-state index contributed by atoms with van der Waals surface area (Å²) >= 11 is 6.14. The fourth-order valence-electron chi connectivity index (χ4n) is 4.16. The van der Waals surface area contributed by atoms with Gasteiger partial charge in [0.25, 0.3) is 0 Å². The summed E-state index contributed by atoms with van der Waals surface area (Å²) < 4.78 is 3.53. The van der Waals surface area contributed by atoms with Crippen LogP contribution >= 0.6 is 11.6 Å². The van der Waals surface area contributed by atoms with E-state index in [9.17, 15) is 4.79 Å². The van der Waals surface area contributed by atoms with Crippen molar-refractivity contribution < 1.29 is 9.90 Å². The second-order valence-corrected chi connectivity index (χ2v) is 8.39. The first-order chi connectivity index (χ1) is 15.4. The number of carbonyl (C=O) groups is 1. The zero-order chi connectivity index (χ0) is 22.4. The van der Waals surface area contributed by atoms with Gasteiger partial charge in [0, 0.05) is 34.9 Å². The summed E-state index contributed by atoms with van der Waals surface area (Å²) in [6.45, 7) is 4.64. The van der Waals surface area contributed by atoms with Crippen LogP contribution in [-0.4, -0.2) is 42.2 Å². The van der Waals surface area contributed by atoms with E-state index in [0.29, 0.717) is 11.6 Å². The van der Waals surface area contributed by atoms with Gasteiger partial charge >= 0.3 is 5.97 Å². The lowest BCUT2D eigenvalue weighted by atomic mass is 10.1. The van der Waals surface area contributed by atoms with Crippen molar-refractivity contribution in [3.63, 3.8) is 0 Å². The van der Waals surface area contributed by atoms with E-state index < -0.39 is 5.97 Å². The molecule has 0 saturated carbocycles. The quantitative estimate of drug-likeness (QED) is 0.496. The number of halogens is 1. The van der Waals surface area contributed by atoms with Gasteiger partial charge in [-0.2, -0.15) is 5.10 Å². The Morgan fingerprint density at radius 3 is 2.66 bits per heavy atom. The first-order valence-electron chi connectivity index (χ1n) is 10.2.